The van der Waals surface area contributed by atoms with Crippen molar-refractivity contribution in [1.29, 1.82) is 0 Å². The van der Waals surface area contributed by atoms with Crippen molar-refractivity contribution < 1.29 is 9.53 Å². The fourth-order valence-corrected chi connectivity index (χ4v) is 2.79. The van der Waals surface area contributed by atoms with Crippen molar-refractivity contribution in [1.82, 2.24) is 10.6 Å². The second kappa shape index (κ2) is 11.3. The summed E-state index contributed by atoms with van der Waals surface area (Å²) < 4.78 is 4.70. The van der Waals surface area contributed by atoms with Gasteiger partial charge in [-0.2, -0.15) is 0 Å². The van der Waals surface area contributed by atoms with Crippen LogP contribution >= 0.6 is 24.0 Å². The summed E-state index contributed by atoms with van der Waals surface area (Å²) in [5.74, 6) is 0.559. The first-order valence-electron chi connectivity index (χ1n) is 8.45. The molecule has 5 nitrogen and oxygen atoms in total. The zero-order valence-corrected chi connectivity index (χ0v) is 16.8. The van der Waals surface area contributed by atoms with Gasteiger partial charge in [0, 0.05) is 12.6 Å². The molecule has 2 N–H and O–H groups in total. The second-order valence-corrected chi connectivity index (χ2v) is 5.86. The number of ether oxygens (including phenoxy) is 1. The van der Waals surface area contributed by atoms with Gasteiger partial charge in [-0.3, -0.25) is 0 Å². The number of esters is 1. The fraction of sp³-hybridized carbons (Fsp3) is 0.556. The van der Waals surface area contributed by atoms with E-state index in [1.165, 1.54) is 39.2 Å². The Morgan fingerprint density at radius 3 is 2.46 bits per heavy atom. The Bertz CT molecular complexity index is 526. The van der Waals surface area contributed by atoms with E-state index in [4.69, 9.17) is 4.74 Å². The van der Waals surface area contributed by atoms with Crippen molar-refractivity contribution in [3.63, 3.8) is 0 Å². The first kappa shape index (κ1) is 20.7. The summed E-state index contributed by atoms with van der Waals surface area (Å²) in [6.45, 7) is 3.51. The molecule has 1 aromatic carbocycles. The van der Waals surface area contributed by atoms with Gasteiger partial charge in [0.05, 0.1) is 19.2 Å². The summed E-state index contributed by atoms with van der Waals surface area (Å²) in [4.78, 5) is 16.1. The van der Waals surface area contributed by atoms with Gasteiger partial charge in [0.15, 0.2) is 5.96 Å². The summed E-state index contributed by atoms with van der Waals surface area (Å²) in [5.41, 5.74) is 1.63. The molecule has 0 spiro atoms. The molecule has 1 aliphatic carbocycles. The van der Waals surface area contributed by atoms with Crippen LogP contribution in [0.1, 0.15) is 54.9 Å². The highest BCUT2D eigenvalue weighted by Gasteiger charge is 2.14. The molecule has 1 aliphatic rings. The zero-order chi connectivity index (χ0) is 16.5. The average molecular weight is 445 g/mol. The van der Waals surface area contributed by atoms with Gasteiger partial charge in [-0.25, -0.2) is 9.79 Å². The standard InChI is InChI=1S/C18H27N3O2.HI/c1-3-19-18(21-16-7-5-4-6-8-16)20-13-14-9-11-15(12-10-14)17(22)23-2;/h9-12,16H,3-8,13H2,1-2H3,(H2,19,20,21);1H. The molecular weight excluding hydrogens is 417 g/mol. The van der Waals surface area contributed by atoms with Gasteiger partial charge in [0.25, 0.3) is 0 Å². The van der Waals surface area contributed by atoms with Crippen LogP contribution in [0.2, 0.25) is 0 Å². The maximum absolute atomic E-state index is 11.4. The lowest BCUT2D eigenvalue weighted by Gasteiger charge is -2.24. The largest absolute Gasteiger partial charge is 0.465 e. The Balaban J connectivity index is 0.00000288. The number of nitrogens with one attached hydrogen (secondary N) is 2. The molecule has 134 valence electrons. The first-order chi connectivity index (χ1) is 11.2. The van der Waals surface area contributed by atoms with E-state index < -0.39 is 0 Å². The zero-order valence-electron chi connectivity index (χ0n) is 14.5. The van der Waals surface area contributed by atoms with Crippen molar-refractivity contribution in [3.05, 3.63) is 35.4 Å². The van der Waals surface area contributed by atoms with E-state index in [0.717, 1.165) is 18.1 Å². The third-order valence-electron chi connectivity index (χ3n) is 4.09. The molecule has 0 unspecified atom stereocenters. The number of aliphatic imine (C=N–C) groups is 1. The number of nitrogens with zero attached hydrogens (tertiary/aromatic N) is 1. The number of methoxy groups -OCH3 is 1. The van der Waals surface area contributed by atoms with E-state index in [9.17, 15) is 4.79 Å². The second-order valence-electron chi connectivity index (χ2n) is 5.86. The third kappa shape index (κ3) is 6.67. The molecule has 24 heavy (non-hydrogen) atoms. The van der Waals surface area contributed by atoms with Gasteiger partial charge in [-0.1, -0.05) is 31.4 Å². The van der Waals surface area contributed by atoms with Crippen LogP contribution in [0.15, 0.2) is 29.3 Å². The van der Waals surface area contributed by atoms with Gasteiger partial charge in [0.1, 0.15) is 0 Å². The molecule has 0 heterocycles. The van der Waals surface area contributed by atoms with Crippen molar-refractivity contribution in [2.75, 3.05) is 13.7 Å². The predicted molar refractivity (Wildman–Crippen MR) is 108 cm³/mol. The molecule has 1 saturated carbocycles. The van der Waals surface area contributed by atoms with Gasteiger partial charge in [-0.15, -0.1) is 24.0 Å². The van der Waals surface area contributed by atoms with E-state index >= 15 is 0 Å². The minimum atomic E-state index is -0.313. The van der Waals surface area contributed by atoms with E-state index in [2.05, 4.69) is 22.5 Å². The Labute approximate surface area is 161 Å². The van der Waals surface area contributed by atoms with Crippen LogP contribution in [0.3, 0.4) is 0 Å². The number of carbonyl (C=O) groups is 1. The number of guanidine groups is 1. The lowest BCUT2D eigenvalue weighted by molar-refractivity contribution is 0.0600. The minimum absolute atomic E-state index is 0. The number of hydrogen-bond donors (Lipinski definition) is 2. The Morgan fingerprint density at radius 1 is 1.21 bits per heavy atom. The van der Waals surface area contributed by atoms with E-state index in [1.807, 2.05) is 12.1 Å². The van der Waals surface area contributed by atoms with Crippen LogP contribution in [-0.4, -0.2) is 31.6 Å². The maximum Gasteiger partial charge on any atom is 0.337 e. The van der Waals surface area contributed by atoms with Crippen LogP contribution in [0.4, 0.5) is 0 Å². The first-order valence-corrected chi connectivity index (χ1v) is 8.45. The third-order valence-corrected chi connectivity index (χ3v) is 4.09. The molecule has 0 saturated heterocycles. The van der Waals surface area contributed by atoms with Crippen molar-refractivity contribution >= 4 is 35.9 Å². The van der Waals surface area contributed by atoms with Gasteiger partial charge in [-0.05, 0) is 37.5 Å². The minimum Gasteiger partial charge on any atom is -0.465 e. The van der Waals surface area contributed by atoms with Gasteiger partial charge < -0.3 is 15.4 Å². The average Bonchev–Trinajstić information content (AvgIpc) is 2.60. The Morgan fingerprint density at radius 2 is 1.88 bits per heavy atom. The molecule has 2 rings (SSSR count). The molecule has 0 amide bonds. The summed E-state index contributed by atoms with van der Waals surface area (Å²) >= 11 is 0. The number of hydrogen-bond acceptors (Lipinski definition) is 3. The molecule has 0 bridgehead atoms. The van der Waals surface area contributed by atoms with Crippen LogP contribution in [0, 0.1) is 0 Å². The molecule has 0 aromatic heterocycles. The van der Waals surface area contributed by atoms with Crippen LogP contribution in [0.25, 0.3) is 0 Å². The molecule has 1 fully saturated rings. The Hall–Kier alpha value is -1.31. The van der Waals surface area contributed by atoms with Crippen molar-refractivity contribution in [2.45, 2.75) is 51.6 Å². The Kier molecular flexibility index (Phi) is 9.75. The highest BCUT2D eigenvalue weighted by Crippen LogP contribution is 2.17. The van der Waals surface area contributed by atoms with Gasteiger partial charge in [0.2, 0.25) is 0 Å². The predicted octanol–water partition coefficient (Wildman–Crippen LogP) is 3.48. The fourth-order valence-electron chi connectivity index (χ4n) is 2.79. The summed E-state index contributed by atoms with van der Waals surface area (Å²) in [6.07, 6.45) is 6.38. The van der Waals surface area contributed by atoms with Gasteiger partial charge >= 0.3 is 5.97 Å². The lowest BCUT2D eigenvalue weighted by atomic mass is 9.96. The number of benzene rings is 1. The quantitative estimate of drug-likeness (QED) is 0.315. The highest BCUT2D eigenvalue weighted by atomic mass is 127. The number of halogens is 1. The molecule has 0 radical (unpaired) electrons. The van der Waals surface area contributed by atoms with E-state index in [0.29, 0.717) is 18.2 Å². The van der Waals surface area contributed by atoms with E-state index in [1.54, 1.807) is 12.1 Å². The molecule has 1 aromatic rings. The highest BCUT2D eigenvalue weighted by molar-refractivity contribution is 14.0. The summed E-state index contributed by atoms with van der Waals surface area (Å²) in [5, 5.41) is 6.83. The molecular formula is C18H28IN3O2. The van der Waals surface area contributed by atoms with Crippen molar-refractivity contribution in [2.24, 2.45) is 4.99 Å². The summed E-state index contributed by atoms with van der Waals surface area (Å²) in [6, 6.07) is 7.92. The molecule has 0 atom stereocenters. The molecule has 6 heteroatoms. The van der Waals surface area contributed by atoms with Crippen LogP contribution in [-0.2, 0) is 11.3 Å². The van der Waals surface area contributed by atoms with Crippen molar-refractivity contribution in [3.8, 4) is 0 Å². The monoisotopic (exact) mass is 445 g/mol. The molecule has 0 aliphatic heterocycles. The number of rotatable bonds is 5. The smallest absolute Gasteiger partial charge is 0.337 e. The lowest BCUT2D eigenvalue weighted by Crippen LogP contribution is -2.44. The topological polar surface area (TPSA) is 62.7 Å². The maximum atomic E-state index is 11.4. The number of carbonyl (C=O) groups excluding carboxylic acids is 1. The van der Waals surface area contributed by atoms with Crippen LogP contribution < -0.4 is 10.6 Å². The van der Waals surface area contributed by atoms with E-state index in [-0.39, 0.29) is 29.9 Å². The van der Waals surface area contributed by atoms with Crippen LogP contribution in [0.5, 0.6) is 0 Å². The normalized spacial score (nSPS) is 15.3. The SMILES string of the molecule is CCNC(=NCc1ccc(C(=O)OC)cc1)NC1CCCCC1.I. The summed E-state index contributed by atoms with van der Waals surface area (Å²) in [7, 11) is 1.39.